The number of hydrogen-bond donors (Lipinski definition) is 3. The van der Waals surface area contributed by atoms with Crippen LogP contribution in [0.2, 0.25) is 0 Å². The summed E-state index contributed by atoms with van der Waals surface area (Å²) in [6.07, 6.45) is -8.73. The number of nitrogens with one attached hydrogen (secondary N) is 1. The molecule has 2 aromatic carbocycles. The predicted octanol–water partition coefficient (Wildman–Crippen LogP) is 4.31. The summed E-state index contributed by atoms with van der Waals surface area (Å²) in [4.78, 5) is 11.0. The molecule has 0 bridgehead atoms. The zero-order chi connectivity index (χ0) is 20.7. The molecule has 0 radical (unpaired) electrons. The molecule has 0 heterocycles. The Bertz CT molecular complexity index is 725. The number of aliphatic hydroxyl groups excluding tert-OH is 1. The van der Waals surface area contributed by atoms with Gasteiger partial charge in [-0.05, 0) is 48.5 Å². The monoisotopic (exact) mass is 394 g/mol. The van der Waals surface area contributed by atoms with Gasteiger partial charge in [0.2, 0.25) is 5.91 Å². The van der Waals surface area contributed by atoms with Crippen LogP contribution in [0.1, 0.15) is 17.5 Å². The minimum atomic E-state index is -4.38. The molecular weight excluding hydrogens is 378 g/mol. The number of anilines is 2. The highest BCUT2D eigenvalue weighted by molar-refractivity contribution is 5.90. The van der Waals surface area contributed by atoms with Crippen molar-refractivity contribution in [2.24, 2.45) is 0 Å². The zero-order valence-electron chi connectivity index (χ0n) is 13.7. The van der Waals surface area contributed by atoms with Crippen LogP contribution in [-0.4, -0.2) is 17.6 Å². The Morgan fingerprint density at radius 2 is 1.26 bits per heavy atom. The van der Waals surface area contributed by atoms with E-state index in [0.717, 1.165) is 36.4 Å². The molecule has 0 unspecified atom stereocenters. The summed E-state index contributed by atoms with van der Waals surface area (Å²) in [6.45, 7) is -0.299. The maximum absolute atomic E-state index is 12.2. The molecule has 4 nitrogen and oxygen atoms in total. The van der Waals surface area contributed by atoms with E-state index in [9.17, 15) is 31.1 Å². The second kappa shape index (κ2) is 9.26. The zero-order valence-corrected chi connectivity index (χ0v) is 13.7. The summed E-state index contributed by atoms with van der Waals surface area (Å²) < 4.78 is 72.2. The molecule has 0 aliphatic rings. The fourth-order valence-electron chi connectivity index (χ4n) is 1.74. The number of aliphatic hydroxyl groups is 1. The van der Waals surface area contributed by atoms with Crippen molar-refractivity contribution in [3.63, 3.8) is 0 Å². The molecule has 2 rings (SSSR count). The highest BCUT2D eigenvalue weighted by Gasteiger charge is 2.30. The lowest BCUT2D eigenvalue weighted by Crippen LogP contribution is -2.13. The molecule has 0 aromatic heterocycles. The van der Waals surface area contributed by atoms with E-state index >= 15 is 0 Å². The van der Waals surface area contributed by atoms with E-state index in [1.54, 1.807) is 0 Å². The smallest absolute Gasteiger partial charge is 0.399 e. The third-order valence-electron chi connectivity index (χ3n) is 3.07. The molecule has 10 heteroatoms. The first-order chi connectivity index (χ1) is 12.4. The van der Waals surface area contributed by atoms with Crippen LogP contribution in [0.3, 0.4) is 0 Å². The van der Waals surface area contributed by atoms with Gasteiger partial charge in [-0.3, -0.25) is 4.79 Å². The standard InChI is InChI=1S/C10H10F3NO2.C7H6F3N/c11-10(12,13)7-1-3-8(4-2-7)14-9(16)5-6-15;8-7(9,10)5-1-3-6(11)4-2-5/h1-4,15H,5-6H2,(H,14,16);1-4H,11H2. The first-order valence-corrected chi connectivity index (χ1v) is 7.44. The van der Waals surface area contributed by atoms with Crippen molar-refractivity contribution in [1.82, 2.24) is 0 Å². The van der Waals surface area contributed by atoms with Gasteiger partial charge in [0.05, 0.1) is 24.2 Å². The Morgan fingerprint density at radius 3 is 1.63 bits per heavy atom. The van der Waals surface area contributed by atoms with Crippen LogP contribution in [0.4, 0.5) is 37.7 Å². The number of amides is 1. The Labute approximate surface area is 150 Å². The van der Waals surface area contributed by atoms with Crippen molar-refractivity contribution < 1.29 is 36.2 Å². The van der Waals surface area contributed by atoms with Crippen molar-refractivity contribution in [2.45, 2.75) is 18.8 Å². The van der Waals surface area contributed by atoms with Gasteiger partial charge in [-0.25, -0.2) is 0 Å². The molecule has 27 heavy (non-hydrogen) atoms. The molecule has 0 spiro atoms. The van der Waals surface area contributed by atoms with Crippen LogP contribution in [0.25, 0.3) is 0 Å². The minimum absolute atomic E-state index is 0.0823. The lowest BCUT2D eigenvalue weighted by Gasteiger charge is -2.08. The maximum atomic E-state index is 12.2. The van der Waals surface area contributed by atoms with E-state index in [-0.39, 0.29) is 18.7 Å². The van der Waals surface area contributed by atoms with Gasteiger partial charge >= 0.3 is 12.4 Å². The van der Waals surface area contributed by atoms with Crippen LogP contribution >= 0.6 is 0 Å². The largest absolute Gasteiger partial charge is 0.416 e. The third-order valence-corrected chi connectivity index (χ3v) is 3.07. The molecule has 148 valence electrons. The first kappa shape index (κ1) is 22.3. The van der Waals surface area contributed by atoms with E-state index in [1.807, 2.05) is 0 Å². The number of carbonyl (C=O) groups excluding carboxylic acids is 1. The Kier molecular flexibility index (Phi) is 7.65. The lowest BCUT2D eigenvalue weighted by molar-refractivity contribution is -0.138. The van der Waals surface area contributed by atoms with Crippen LogP contribution in [0, 0.1) is 0 Å². The van der Waals surface area contributed by atoms with Crippen molar-refractivity contribution in [2.75, 3.05) is 17.7 Å². The van der Waals surface area contributed by atoms with Gasteiger partial charge < -0.3 is 16.2 Å². The van der Waals surface area contributed by atoms with Gasteiger partial charge in [0, 0.05) is 11.4 Å². The van der Waals surface area contributed by atoms with Crippen molar-refractivity contribution in [3.05, 3.63) is 59.7 Å². The van der Waals surface area contributed by atoms with Gasteiger partial charge in [-0.2, -0.15) is 26.3 Å². The molecule has 1 amide bonds. The predicted molar refractivity (Wildman–Crippen MR) is 87.6 cm³/mol. The summed E-state index contributed by atoms with van der Waals surface area (Å²) in [6, 6.07) is 8.45. The van der Waals surface area contributed by atoms with E-state index < -0.39 is 29.4 Å². The highest BCUT2D eigenvalue weighted by atomic mass is 19.4. The van der Waals surface area contributed by atoms with Crippen LogP contribution in [-0.2, 0) is 17.1 Å². The van der Waals surface area contributed by atoms with Gasteiger partial charge in [0.1, 0.15) is 0 Å². The van der Waals surface area contributed by atoms with Crippen molar-refractivity contribution in [3.8, 4) is 0 Å². The normalized spacial score (nSPS) is 11.4. The van der Waals surface area contributed by atoms with E-state index in [1.165, 1.54) is 12.1 Å². The Hall–Kier alpha value is -2.75. The van der Waals surface area contributed by atoms with E-state index in [2.05, 4.69) is 5.32 Å². The number of benzene rings is 2. The Morgan fingerprint density at radius 1 is 0.852 bits per heavy atom. The first-order valence-electron chi connectivity index (χ1n) is 7.44. The maximum Gasteiger partial charge on any atom is 0.416 e. The molecule has 0 aliphatic heterocycles. The van der Waals surface area contributed by atoms with Gasteiger partial charge in [0.25, 0.3) is 0 Å². The average Bonchev–Trinajstić information content (AvgIpc) is 2.55. The Balaban J connectivity index is 0.000000289. The number of nitrogen functional groups attached to an aromatic ring is 1. The second-order valence-corrected chi connectivity index (χ2v) is 5.22. The number of alkyl halides is 6. The number of halogens is 6. The molecule has 4 N–H and O–H groups in total. The summed E-state index contributed by atoms with van der Waals surface area (Å²) >= 11 is 0. The van der Waals surface area contributed by atoms with Crippen molar-refractivity contribution >= 4 is 17.3 Å². The fraction of sp³-hybridized carbons (Fsp3) is 0.235. The van der Waals surface area contributed by atoms with Crippen LogP contribution < -0.4 is 11.1 Å². The van der Waals surface area contributed by atoms with Gasteiger partial charge in [-0.15, -0.1) is 0 Å². The highest BCUT2D eigenvalue weighted by Crippen LogP contribution is 2.30. The fourth-order valence-corrected chi connectivity index (χ4v) is 1.74. The summed E-state index contributed by atoms with van der Waals surface area (Å²) in [5, 5.41) is 10.8. The number of hydrogen-bond acceptors (Lipinski definition) is 3. The molecule has 0 aliphatic carbocycles. The minimum Gasteiger partial charge on any atom is -0.399 e. The molecule has 2 aromatic rings. The van der Waals surface area contributed by atoms with E-state index in [4.69, 9.17) is 10.8 Å². The molecule has 0 atom stereocenters. The van der Waals surface area contributed by atoms with Gasteiger partial charge in [0.15, 0.2) is 0 Å². The van der Waals surface area contributed by atoms with E-state index in [0.29, 0.717) is 5.69 Å². The van der Waals surface area contributed by atoms with Crippen molar-refractivity contribution in [1.29, 1.82) is 0 Å². The molecular formula is C17H16F6N2O2. The summed E-state index contributed by atoms with van der Waals surface area (Å²) in [7, 11) is 0. The van der Waals surface area contributed by atoms with Gasteiger partial charge in [-0.1, -0.05) is 0 Å². The number of rotatable bonds is 3. The summed E-state index contributed by atoms with van der Waals surface area (Å²) in [5.74, 6) is -0.442. The van der Waals surface area contributed by atoms with Crippen LogP contribution in [0.5, 0.6) is 0 Å². The SMILES string of the molecule is Nc1ccc(C(F)(F)F)cc1.O=C(CCO)Nc1ccc(C(F)(F)F)cc1. The van der Waals surface area contributed by atoms with Crippen LogP contribution in [0.15, 0.2) is 48.5 Å². The number of carbonyl (C=O) groups is 1. The number of nitrogens with two attached hydrogens (primary N) is 1. The molecule has 0 fully saturated rings. The molecule has 0 saturated carbocycles. The third kappa shape index (κ3) is 7.99. The lowest BCUT2D eigenvalue weighted by atomic mass is 10.2. The topological polar surface area (TPSA) is 75.4 Å². The quantitative estimate of drug-likeness (QED) is 0.536. The molecule has 0 saturated heterocycles. The second-order valence-electron chi connectivity index (χ2n) is 5.22. The summed E-state index contributed by atoms with van der Waals surface area (Å²) in [5.41, 5.74) is 4.36. The average molecular weight is 394 g/mol.